The quantitative estimate of drug-likeness (QED) is 0.424. The Hall–Kier alpha value is -1.74. The molecular formula is C13H18ClF3N4O2. The van der Waals surface area contributed by atoms with E-state index in [1.54, 1.807) is 7.11 Å². The molecule has 3 N–H and O–H groups in total. The molecule has 0 aliphatic rings. The van der Waals surface area contributed by atoms with E-state index in [1.165, 1.54) is 0 Å². The van der Waals surface area contributed by atoms with Crippen molar-refractivity contribution in [3.05, 3.63) is 22.8 Å². The second-order valence-electron chi connectivity index (χ2n) is 4.40. The number of rotatable bonds is 8. The number of aliphatic imine (C=N–C) groups is 1. The molecule has 0 amide bonds. The van der Waals surface area contributed by atoms with Gasteiger partial charge in [0.1, 0.15) is 5.02 Å². The molecule has 6 nitrogen and oxygen atoms in total. The number of ether oxygens (including phenoxy) is 2. The van der Waals surface area contributed by atoms with Gasteiger partial charge in [0, 0.05) is 32.8 Å². The van der Waals surface area contributed by atoms with Crippen molar-refractivity contribution in [1.29, 1.82) is 0 Å². The van der Waals surface area contributed by atoms with Crippen LogP contribution in [0.15, 0.2) is 17.3 Å². The number of nitrogens with two attached hydrogens (primary N) is 1. The van der Waals surface area contributed by atoms with E-state index in [2.05, 4.69) is 15.3 Å². The third-order valence-electron chi connectivity index (χ3n) is 2.57. The van der Waals surface area contributed by atoms with Crippen molar-refractivity contribution < 1.29 is 22.6 Å². The van der Waals surface area contributed by atoms with Gasteiger partial charge in [0.25, 0.3) is 0 Å². The van der Waals surface area contributed by atoms with Gasteiger partial charge < -0.3 is 20.5 Å². The maximum absolute atomic E-state index is 12.5. The minimum atomic E-state index is -4.49. The molecule has 0 radical (unpaired) electrons. The Morgan fingerprint density at radius 2 is 2.17 bits per heavy atom. The Bertz CT molecular complexity index is 526. The molecule has 23 heavy (non-hydrogen) atoms. The van der Waals surface area contributed by atoms with Crippen molar-refractivity contribution in [2.24, 2.45) is 10.7 Å². The molecule has 130 valence electrons. The molecule has 1 aromatic heterocycles. The van der Waals surface area contributed by atoms with Crippen LogP contribution < -0.4 is 15.8 Å². The first-order valence-electron chi connectivity index (χ1n) is 6.73. The lowest BCUT2D eigenvalue weighted by Gasteiger charge is -2.10. The van der Waals surface area contributed by atoms with Crippen LogP contribution in [0.5, 0.6) is 5.88 Å². The van der Waals surface area contributed by atoms with Gasteiger partial charge in [-0.3, -0.25) is 4.99 Å². The number of nitrogens with zero attached hydrogens (tertiary/aromatic N) is 2. The average molecular weight is 355 g/mol. The summed E-state index contributed by atoms with van der Waals surface area (Å²) >= 11 is 5.71. The fourth-order valence-electron chi connectivity index (χ4n) is 1.46. The summed E-state index contributed by atoms with van der Waals surface area (Å²) in [6.07, 6.45) is -3.31. The molecular weight excluding hydrogens is 337 g/mol. The standard InChI is InChI=1S/C13H18ClF3N4O2/c1-22-6-4-20-12(18)19-3-2-5-23-11-10(14)7-9(8-21-11)13(15,16)17/h7-8H,2-6H2,1H3,(H3,18,19,20). The van der Waals surface area contributed by atoms with Crippen molar-refractivity contribution >= 4 is 17.6 Å². The van der Waals surface area contributed by atoms with E-state index in [9.17, 15) is 13.2 Å². The van der Waals surface area contributed by atoms with Crippen LogP contribution in [-0.4, -0.2) is 44.4 Å². The Kier molecular flexibility index (Phi) is 7.90. The Balaban J connectivity index is 2.35. The van der Waals surface area contributed by atoms with Gasteiger partial charge in [0.2, 0.25) is 5.88 Å². The van der Waals surface area contributed by atoms with Crippen LogP contribution in [0, 0.1) is 0 Å². The zero-order chi connectivity index (χ0) is 17.3. The summed E-state index contributed by atoms with van der Waals surface area (Å²) in [7, 11) is 1.58. The lowest BCUT2D eigenvalue weighted by atomic mass is 10.3. The molecule has 1 aromatic rings. The molecule has 0 atom stereocenters. The summed E-state index contributed by atoms with van der Waals surface area (Å²) in [5.41, 5.74) is 4.67. The van der Waals surface area contributed by atoms with E-state index in [1.807, 2.05) is 0 Å². The van der Waals surface area contributed by atoms with Crippen LogP contribution in [0.4, 0.5) is 13.2 Å². The number of aromatic nitrogens is 1. The number of alkyl halides is 3. The van der Waals surface area contributed by atoms with Crippen LogP contribution in [0.1, 0.15) is 12.0 Å². The number of guanidine groups is 1. The highest BCUT2D eigenvalue weighted by Gasteiger charge is 2.31. The van der Waals surface area contributed by atoms with Gasteiger partial charge in [-0.05, 0) is 6.07 Å². The van der Waals surface area contributed by atoms with E-state index in [-0.39, 0.29) is 23.5 Å². The summed E-state index contributed by atoms with van der Waals surface area (Å²) in [5, 5.41) is 2.65. The predicted octanol–water partition coefficient (Wildman–Crippen LogP) is 2.07. The fourth-order valence-corrected chi connectivity index (χ4v) is 1.68. The zero-order valence-corrected chi connectivity index (χ0v) is 13.2. The van der Waals surface area contributed by atoms with Crippen LogP contribution in [-0.2, 0) is 10.9 Å². The maximum Gasteiger partial charge on any atom is 0.417 e. The molecule has 0 aromatic carbocycles. The lowest BCUT2D eigenvalue weighted by molar-refractivity contribution is -0.137. The molecule has 0 aliphatic heterocycles. The van der Waals surface area contributed by atoms with E-state index < -0.39 is 11.7 Å². The second-order valence-corrected chi connectivity index (χ2v) is 4.80. The largest absolute Gasteiger partial charge is 0.477 e. The molecule has 0 aliphatic carbocycles. The molecule has 1 heterocycles. The van der Waals surface area contributed by atoms with E-state index >= 15 is 0 Å². The van der Waals surface area contributed by atoms with Crippen LogP contribution in [0.3, 0.4) is 0 Å². The van der Waals surface area contributed by atoms with Crippen molar-refractivity contribution in [3.8, 4) is 5.88 Å². The molecule has 0 unspecified atom stereocenters. The summed E-state index contributed by atoms with van der Waals surface area (Å²) in [5.74, 6) is 0.238. The Morgan fingerprint density at radius 3 is 2.78 bits per heavy atom. The van der Waals surface area contributed by atoms with E-state index in [0.717, 1.165) is 6.07 Å². The smallest absolute Gasteiger partial charge is 0.417 e. The van der Waals surface area contributed by atoms with Gasteiger partial charge >= 0.3 is 6.18 Å². The van der Waals surface area contributed by atoms with Gasteiger partial charge in [0.15, 0.2) is 5.96 Å². The Labute approximate surface area is 136 Å². The summed E-state index contributed by atoms with van der Waals surface area (Å²) in [6.45, 7) is 1.65. The highest BCUT2D eigenvalue weighted by Crippen LogP contribution is 2.33. The van der Waals surface area contributed by atoms with Crippen molar-refractivity contribution in [2.75, 3.05) is 33.4 Å². The third-order valence-corrected chi connectivity index (χ3v) is 2.84. The summed E-state index contributed by atoms with van der Waals surface area (Å²) in [4.78, 5) is 7.61. The zero-order valence-electron chi connectivity index (χ0n) is 12.5. The average Bonchev–Trinajstić information content (AvgIpc) is 2.47. The SMILES string of the molecule is COCCNC(N)=NCCCOc1ncc(C(F)(F)F)cc1Cl. The lowest BCUT2D eigenvalue weighted by Crippen LogP contribution is -2.34. The van der Waals surface area contributed by atoms with Crippen molar-refractivity contribution in [2.45, 2.75) is 12.6 Å². The highest BCUT2D eigenvalue weighted by atomic mass is 35.5. The second kappa shape index (κ2) is 9.41. The number of pyridine rings is 1. The molecule has 0 saturated carbocycles. The number of hydrogen-bond acceptors (Lipinski definition) is 4. The third kappa shape index (κ3) is 7.38. The molecule has 10 heteroatoms. The molecule has 0 fully saturated rings. The van der Waals surface area contributed by atoms with Crippen molar-refractivity contribution in [1.82, 2.24) is 10.3 Å². The van der Waals surface area contributed by atoms with Crippen molar-refractivity contribution in [3.63, 3.8) is 0 Å². The van der Waals surface area contributed by atoms with Gasteiger partial charge in [-0.1, -0.05) is 11.6 Å². The predicted molar refractivity (Wildman–Crippen MR) is 80.7 cm³/mol. The van der Waals surface area contributed by atoms with E-state index in [0.29, 0.717) is 32.3 Å². The fraction of sp³-hybridized carbons (Fsp3) is 0.538. The van der Waals surface area contributed by atoms with Crippen LogP contribution in [0.2, 0.25) is 5.02 Å². The highest BCUT2D eigenvalue weighted by molar-refractivity contribution is 6.31. The summed E-state index contributed by atoms with van der Waals surface area (Å²) < 4.78 is 47.4. The molecule has 0 saturated heterocycles. The number of hydrogen-bond donors (Lipinski definition) is 2. The van der Waals surface area contributed by atoms with Crippen LogP contribution in [0.25, 0.3) is 0 Å². The van der Waals surface area contributed by atoms with E-state index in [4.69, 9.17) is 26.8 Å². The minimum absolute atomic E-state index is 0.0464. The van der Waals surface area contributed by atoms with Crippen LogP contribution >= 0.6 is 11.6 Å². The minimum Gasteiger partial charge on any atom is -0.477 e. The van der Waals surface area contributed by atoms with Gasteiger partial charge in [-0.2, -0.15) is 13.2 Å². The number of methoxy groups -OCH3 is 1. The number of nitrogens with one attached hydrogen (secondary N) is 1. The Morgan fingerprint density at radius 1 is 1.43 bits per heavy atom. The first kappa shape index (κ1) is 19.3. The monoisotopic (exact) mass is 354 g/mol. The normalized spacial score (nSPS) is 12.3. The topological polar surface area (TPSA) is 81.8 Å². The first-order valence-corrected chi connectivity index (χ1v) is 7.10. The molecule has 1 rings (SSSR count). The first-order chi connectivity index (χ1) is 10.8. The maximum atomic E-state index is 12.5. The summed E-state index contributed by atoms with van der Waals surface area (Å²) in [6, 6.07) is 0.778. The van der Waals surface area contributed by atoms with Gasteiger partial charge in [0.05, 0.1) is 18.8 Å². The van der Waals surface area contributed by atoms with Gasteiger partial charge in [-0.25, -0.2) is 4.98 Å². The number of halogens is 4. The molecule has 0 spiro atoms. The molecule has 0 bridgehead atoms. The van der Waals surface area contributed by atoms with Gasteiger partial charge in [-0.15, -0.1) is 0 Å².